The Hall–Kier alpha value is -1.24. The van der Waals surface area contributed by atoms with Crippen molar-refractivity contribution in [3.8, 4) is 5.75 Å². The van der Waals surface area contributed by atoms with E-state index >= 15 is 0 Å². The summed E-state index contributed by atoms with van der Waals surface area (Å²) in [4.78, 5) is 0. The predicted octanol–water partition coefficient (Wildman–Crippen LogP) is 3.18. The van der Waals surface area contributed by atoms with E-state index in [9.17, 15) is 0 Å². The average molecular weight is 174 g/mol. The Kier molecular flexibility index (Phi) is 1.69. The molecule has 0 bridgehead atoms. The molecule has 0 spiro atoms. The molecule has 0 amide bonds. The third-order valence-electron chi connectivity index (χ3n) is 2.51. The topological polar surface area (TPSA) is 9.23 Å². The second-order valence-corrected chi connectivity index (χ2v) is 4.14. The van der Waals surface area contributed by atoms with E-state index in [-0.39, 0.29) is 5.41 Å². The molecule has 1 aromatic carbocycles. The summed E-state index contributed by atoms with van der Waals surface area (Å²) in [5.74, 6) is 0.984. The molecule has 0 aromatic heterocycles. The minimum atomic E-state index is 0.0968. The van der Waals surface area contributed by atoms with Crippen LogP contribution in [-0.4, -0.2) is 0 Å². The number of rotatable bonds is 0. The molecular weight excluding hydrogens is 160 g/mol. The molecule has 0 fully saturated rings. The van der Waals surface area contributed by atoms with Crippen LogP contribution in [0.25, 0.3) is 0 Å². The number of benzene rings is 1. The fourth-order valence-electron chi connectivity index (χ4n) is 1.62. The van der Waals surface area contributed by atoms with Crippen molar-refractivity contribution in [1.29, 1.82) is 0 Å². The summed E-state index contributed by atoms with van der Waals surface area (Å²) in [7, 11) is 0. The molecule has 13 heavy (non-hydrogen) atoms. The lowest BCUT2D eigenvalue weighted by molar-refractivity contribution is 0.430. The molecule has 0 unspecified atom stereocenters. The van der Waals surface area contributed by atoms with Crippen molar-refractivity contribution in [2.24, 2.45) is 0 Å². The number of fused-ring (bicyclic) bond motifs is 1. The SMILES string of the molecule is Cc1ccc2c(c1)C(C)(C)C=CO2. The fraction of sp³-hybridized carbons (Fsp3) is 0.333. The van der Waals surface area contributed by atoms with E-state index in [1.807, 2.05) is 6.07 Å². The van der Waals surface area contributed by atoms with E-state index in [0.717, 1.165) is 5.75 Å². The number of ether oxygens (including phenoxy) is 1. The first kappa shape index (κ1) is 8.36. The molecule has 1 aliphatic heterocycles. The lowest BCUT2D eigenvalue weighted by atomic mass is 9.82. The van der Waals surface area contributed by atoms with E-state index in [0.29, 0.717) is 0 Å². The van der Waals surface area contributed by atoms with Crippen molar-refractivity contribution in [2.75, 3.05) is 0 Å². The zero-order valence-electron chi connectivity index (χ0n) is 8.29. The van der Waals surface area contributed by atoms with E-state index in [2.05, 4.69) is 39.0 Å². The molecule has 2 rings (SSSR count). The van der Waals surface area contributed by atoms with Gasteiger partial charge in [0.1, 0.15) is 5.75 Å². The van der Waals surface area contributed by atoms with Crippen molar-refractivity contribution in [3.05, 3.63) is 41.7 Å². The van der Waals surface area contributed by atoms with Crippen LogP contribution >= 0.6 is 0 Å². The lowest BCUT2D eigenvalue weighted by Crippen LogP contribution is -2.18. The number of hydrogen-bond donors (Lipinski definition) is 0. The minimum Gasteiger partial charge on any atom is -0.465 e. The van der Waals surface area contributed by atoms with Crippen molar-refractivity contribution in [1.82, 2.24) is 0 Å². The summed E-state index contributed by atoms with van der Waals surface area (Å²) in [6.07, 6.45) is 3.87. The molecule has 1 heterocycles. The van der Waals surface area contributed by atoms with Crippen LogP contribution in [0.15, 0.2) is 30.5 Å². The molecule has 1 aromatic rings. The Morgan fingerprint density at radius 1 is 1.23 bits per heavy atom. The first-order valence-corrected chi connectivity index (χ1v) is 4.55. The van der Waals surface area contributed by atoms with Crippen LogP contribution < -0.4 is 4.74 Å². The Morgan fingerprint density at radius 3 is 2.77 bits per heavy atom. The van der Waals surface area contributed by atoms with Gasteiger partial charge in [-0.3, -0.25) is 0 Å². The molecule has 0 atom stereocenters. The number of hydrogen-bond acceptors (Lipinski definition) is 1. The summed E-state index contributed by atoms with van der Waals surface area (Å²) in [6, 6.07) is 6.31. The Labute approximate surface area is 79.0 Å². The van der Waals surface area contributed by atoms with Gasteiger partial charge in [-0.25, -0.2) is 0 Å². The van der Waals surface area contributed by atoms with Crippen LogP contribution in [0, 0.1) is 6.92 Å². The quantitative estimate of drug-likeness (QED) is 0.587. The molecule has 0 saturated carbocycles. The first-order valence-electron chi connectivity index (χ1n) is 4.55. The van der Waals surface area contributed by atoms with E-state index < -0.39 is 0 Å². The molecule has 0 aliphatic carbocycles. The van der Waals surface area contributed by atoms with Crippen LogP contribution in [-0.2, 0) is 5.41 Å². The molecule has 0 radical (unpaired) electrons. The van der Waals surface area contributed by atoms with Crippen molar-refractivity contribution in [2.45, 2.75) is 26.2 Å². The van der Waals surface area contributed by atoms with Gasteiger partial charge >= 0.3 is 0 Å². The Morgan fingerprint density at radius 2 is 2.00 bits per heavy atom. The van der Waals surface area contributed by atoms with Gasteiger partial charge in [0.05, 0.1) is 6.26 Å². The van der Waals surface area contributed by atoms with Crippen LogP contribution in [0.3, 0.4) is 0 Å². The van der Waals surface area contributed by atoms with Gasteiger partial charge in [-0.2, -0.15) is 0 Å². The number of aryl methyl sites for hydroxylation is 1. The largest absolute Gasteiger partial charge is 0.465 e. The monoisotopic (exact) mass is 174 g/mol. The van der Waals surface area contributed by atoms with Crippen LogP contribution in [0.4, 0.5) is 0 Å². The van der Waals surface area contributed by atoms with E-state index in [1.54, 1.807) is 6.26 Å². The highest BCUT2D eigenvalue weighted by Gasteiger charge is 2.24. The maximum absolute atomic E-state index is 5.43. The van der Waals surface area contributed by atoms with Gasteiger partial charge in [0.2, 0.25) is 0 Å². The van der Waals surface area contributed by atoms with Crippen LogP contribution in [0.1, 0.15) is 25.0 Å². The van der Waals surface area contributed by atoms with Gasteiger partial charge < -0.3 is 4.74 Å². The maximum atomic E-state index is 5.43. The third-order valence-corrected chi connectivity index (χ3v) is 2.51. The van der Waals surface area contributed by atoms with Crippen molar-refractivity contribution >= 4 is 0 Å². The van der Waals surface area contributed by atoms with Crippen LogP contribution in [0.5, 0.6) is 5.75 Å². The number of allylic oxidation sites excluding steroid dienone is 1. The Balaban J connectivity index is 2.60. The second-order valence-electron chi connectivity index (χ2n) is 4.14. The maximum Gasteiger partial charge on any atom is 0.130 e. The van der Waals surface area contributed by atoms with Gasteiger partial charge in [0, 0.05) is 11.0 Å². The van der Waals surface area contributed by atoms with E-state index in [4.69, 9.17) is 4.74 Å². The van der Waals surface area contributed by atoms with E-state index in [1.165, 1.54) is 11.1 Å². The summed E-state index contributed by atoms with van der Waals surface area (Å²) >= 11 is 0. The van der Waals surface area contributed by atoms with Crippen molar-refractivity contribution in [3.63, 3.8) is 0 Å². The molecular formula is C12H14O. The molecule has 68 valence electrons. The second kappa shape index (κ2) is 2.63. The predicted molar refractivity (Wildman–Crippen MR) is 54.0 cm³/mol. The van der Waals surface area contributed by atoms with Gasteiger partial charge in [-0.15, -0.1) is 0 Å². The van der Waals surface area contributed by atoms with Gasteiger partial charge in [-0.05, 0) is 19.1 Å². The summed E-state index contributed by atoms with van der Waals surface area (Å²) in [6.45, 7) is 6.50. The zero-order valence-corrected chi connectivity index (χ0v) is 8.29. The Bertz CT molecular complexity index is 361. The first-order chi connectivity index (χ1) is 6.09. The molecule has 0 saturated heterocycles. The summed E-state index contributed by atoms with van der Waals surface area (Å²) in [5, 5.41) is 0. The zero-order chi connectivity index (χ0) is 9.47. The third kappa shape index (κ3) is 1.35. The highest BCUT2D eigenvalue weighted by molar-refractivity contribution is 5.46. The average Bonchev–Trinajstić information content (AvgIpc) is 2.06. The van der Waals surface area contributed by atoms with Crippen molar-refractivity contribution < 1.29 is 4.74 Å². The lowest BCUT2D eigenvalue weighted by Gasteiger charge is -2.27. The van der Waals surface area contributed by atoms with Gasteiger partial charge in [-0.1, -0.05) is 31.5 Å². The standard InChI is InChI=1S/C12H14O/c1-9-4-5-11-10(8-9)12(2,3)6-7-13-11/h4-8H,1-3H3. The van der Waals surface area contributed by atoms with Gasteiger partial charge in [0.15, 0.2) is 0 Å². The summed E-state index contributed by atoms with van der Waals surface area (Å²) < 4.78 is 5.43. The minimum absolute atomic E-state index is 0.0968. The normalized spacial score (nSPS) is 17.8. The molecule has 1 heteroatoms. The smallest absolute Gasteiger partial charge is 0.130 e. The van der Waals surface area contributed by atoms with Gasteiger partial charge in [0.25, 0.3) is 0 Å². The highest BCUT2D eigenvalue weighted by atomic mass is 16.5. The highest BCUT2D eigenvalue weighted by Crippen LogP contribution is 2.36. The molecule has 1 nitrogen and oxygen atoms in total. The van der Waals surface area contributed by atoms with Crippen LogP contribution in [0.2, 0.25) is 0 Å². The fourth-order valence-corrected chi connectivity index (χ4v) is 1.62. The molecule has 0 N–H and O–H groups in total. The molecule has 1 aliphatic rings. The summed E-state index contributed by atoms with van der Waals surface area (Å²) in [5.41, 5.74) is 2.65.